The zero-order valence-electron chi connectivity index (χ0n) is 11.7. The number of amides is 1. The molecule has 0 fully saturated rings. The van der Waals surface area contributed by atoms with E-state index in [-0.39, 0.29) is 29.6 Å². The van der Waals surface area contributed by atoms with Crippen LogP contribution in [-0.2, 0) is 10.0 Å². The predicted octanol–water partition coefficient (Wildman–Crippen LogP) is 0.965. The minimum Gasteiger partial charge on any atom is -0.370 e. The normalized spacial score (nSPS) is 11.2. The van der Waals surface area contributed by atoms with Gasteiger partial charge < -0.3 is 10.6 Å². The molecule has 1 aromatic rings. The highest BCUT2D eigenvalue weighted by Gasteiger charge is 2.12. The Morgan fingerprint density at radius 3 is 2.76 bits per heavy atom. The lowest BCUT2D eigenvalue weighted by atomic mass is 10.2. The van der Waals surface area contributed by atoms with Gasteiger partial charge in [0, 0.05) is 19.3 Å². The van der Waals surface area contributed by atoms with E-state index >= 15 is 0 Å². The van der Waals surface area contributed by atoms with E-state index in [2.05, 4.69) is 15.6 Å². The summed E-state index contributed by atoms with van der Waals surface area (Å²) in [5, 5.41) is 10.8. The Morgan fingerprint density at radius 1 is 1.43 bits per heavy atom. The molecule has 0 radical (unpaired) electrons. The Bertz CT molecular complexity index is 592. The number of aromatic nitrogens is 1. The first-order valence-corrected chi connectivity index (χ1v) is 8.61. The molecule has 0 aromatic carbocycles. The van der Waals surface area contributed by atoms with E-state index in [0.29, 0.717) is 11.4 Å². The summed E-state index contributed by atoms with van der Waals surface area (Å²) in [5.74, 6) is 0.00742. The van der Waals surface area contributed by atoms with Crippen LogP contribution in [0.25, 0.3) is 0 Å². The molecule has 0 saturated carbocycles. The fourth-order valence-corrected chi connectivity index (χ4v) is 2.27. The largest absolute Gasteiger partial charge is 0.370 e. The van der Waals surface area contributed by atoms with E-state index in [9.17, 15) is 13.2 Å². The third-order valence-electron chi connectivity index (χ3n) is 2.55. The minimum absolute atomic E-state index is 0.180. The van der Waals surface area contributed by atoms with Gasteiger partial charge in [0.25, 0.3) is 5.91 Å². The van der Waals surface area contributed by atoms with Crippen molar-refractivity contribution in [1.29, 1.82) is 0 Å². The maximum Gasteiger partial charge on any atom is 0.252 e. The number of primary sulfonamides is 1. The van der Waals surface area contributed by atoms with Crippen molar-refractivity contribution in [2.45, 2.75) is 19.8 Å². The number of nitrogens with zero attached hydrogens (tertiary/aromatic N) is 1. The fraction of sp³-hybridized carbons (Fsp3) is 0.500. The number of pyridine rings is 1. The minimum atomic E-state index is -3.51. The number of halogens is 1. The Labute approximate surface area is 129 Å². The van der Waals surface area contributed by atoms with E-state index in [1.54, 1.807) is 6.07 Å². The van der Waals surface area contributed by atoms with Crippen LogP contribution in [0.5, 0.6) is 0 Å². The van der Waals surface area contributed by atoms with Gasteiger partial charge in [0.1, 0.15) is 5.82 Å². The molecule has 0 aliphatic heterocycles. The summed E-state index contributed by atoms with van der Waals surface area (Å²) in [4.78, 5) is 16.1. The van der Waals surface area contributed by atoms with Crippen molar-refractivity contribution in [3.63, 3.8) is 0 Å². The van der Waals surface area contributed by atoms with Crippen molar-refractivity contribution in [3.05, 3.63) is 22.8 Å². The van der Waals surface area contributed by atoms with Crippen molar-refractivity contribution in [2.75, 3.05) is 24.2 Å². The first kappa shape index (κ1) is 17.7. The number of rotatable bonds is 8. The summed E-state index contributed by atoms with van der Waals surface area (Å²) < 4.78 is 21.5. The highest BCUT2D eigenvalue weighted by molar-refractivity contribution is 7.89. The maximum absolute atomic E-state index is 12.0. The molecule has 1 aromatic heterocycles. The molecule has 0 aliphatic rings. The molecule has 118 valence electrons. The molecule has 1 rings (SSSR count). The van der Waals surface area contributed by atoms with E-state index in [1.165, 1.54) is 6.20 Å². The first-order valence-electron chi connectivity index (χ1n) is 6.51. The van der Waals surface area contributed by atoms with Gasteiger partial charge in [-0.3, -0.25) is 4.79 Å². The Balaban J connectivity index is 2.60. The molecule has 7 nitrogen and oxygen atoms in total. The highest BCUT2D eigenvalue weighted by Crippen LogP contribution is 2.17. The number of carbonyl (C=O) groups is 1. The maximum atomic E-state index is 12.0. The number of carbonyl (C=O) groups excluding carboxylic acids is 1. The van der Waals surface area contributed by atoms with Crippen LogP contribution in [0.1, 0.15) is 30.1 Å². The van der Waals surface area contributed by atoms with Crippen molar-refractivity contribution in [2.24, 2.45) is 5.14 Å². The lowest BCUT2D eigenvalue weighted by Crippen LogP contribution is -2.27. The van der Waals surface area contributed by atoms with E-state index < -0.39 is 10.0 Å². The number of nitrogens with two attached hydrogens (primary N) is 1. The molecule has 1 amide bonds. The second-order valence-electron chi connectivity index (χ2n) is 4.45. The quantitative estimate of drug-likeness (QED) is 0.613. The van der Waals surface area contributed by atoms with Crippen molar-refractivity contribution in [1.82, 2.24) is 10.3 Å². The zero-order valence-corrected chi connectivity index (χ0v) is 13.3. The second-order valence-corrected chi connectivity index (χ2v) is 6.59. The Kier molecular flexibility index (Phi) is 6.86. The number of nitrogens with one attached hydrogen (secondary N) is 2. The van der Waals surface area contributed by atoms with Crippen LogP contribution in [0.3, 0.4) is 0 Å². The van der Waals surface area contributed by atoms with Gasteiger partial charge in [-0.1, -0.05) is 18.5 Å². The summed E-state index contributed by atoms with van der Waals surface area (Å²) in [7, 11) is -3.51. The van der Waals surface area contributed by atoms with Gasteiger partial charge in [-0.2, -0.15) is 0 Å². The molecule has 4 N–H and O–H groups in total. The van der Waals surface area contributed by atoms with Gasteiger partial charge in [0.15, 0.2) is 0 Å². The van der Waals surface area contributed by atoms with Crippen molar-refractivity contribution in [3.8, 4) is 0 Å². The van der Waals surface area contributed by atoms with Gasteiger partial charge in [0.2, 0.25) is 10.0 Å². The number of hydrogen-bond donors (Lipinski definition) is 3. The van der Waals surface area contributed by atoms with E-state index in [0.717, 1.165) is 13.0 Å². The van der Waals surface area contributed by atoms with Crippen LogP contribution in [0.4, 0.5) is 5.82 Å². The smallest absolute Gasteiger partial charge is 0.252 e. The van der Waals surface area contributed by atoms with Crippen LogP contribution in [0.2, 0.25) is 5.02 Å². The van der Waals surface area contributed by atoms with Crippen molar-refractivity contribution < 1.29 is 13.2 Å². The van der Waals surface area contributed by atoms with Gasteiger partial charge in [-0.15, -0.1) is 0 Å². The molecular weight excluding hydrogens is 316 g/mol. The highest BCUT2D eigenvalue weighted by atomic mass is 35.5. The lowest BCUT2D eigenvalue weighted by Gasteiger charge is -2.09. The lowest BCUT2D eigenvalue weighted by molar-refractivity contribution is 0.0953. The molecule has 0 unspecified atom stereocenters. The first-order chi connectivity index (χ1) is 9.83. The molecule has 0 spiro atoms. The van der Waals surface area contributed by atoms with Crippen LogP contribution in [0, 0.1) is 0 Å². The summed E-state index contributed by atoms with van der Waals surface area (Å²) >= 11 is 5.94. The topological polar surface area (TPSA) is 114 Å². The molecule has 0 aliphatic carbocycles. The summed E-state index contributed by atoms with van der Waals surface area (Å²) in [5.41, 5.74) is 0.292. The van der Waals surface area contributed by atoms with Gasteiger partial charge >= 0.3 is 0 Å². The van der Waals surface area contributed by atoms with Gasteiger partial charge in [-0.25, -0.2) is 18.5 Å². The average molecular weight is 335 g/mol. The molecule has 1 heterocycles. The molecule has 21 heavy (non-hydrogen) atoms. The molecule has 0 bridgehead atoms. The monoisotopic (exact) mass is 334 g/mol. The summed E-state index contributed by atoms with van der Waals surface area (Å²) in [6.07, 6.45) is 2.58. The molecular formula is C12H19ClN4O3S. The summed E-state index contributed by atoms with van der Waals surface area (Å²) in [6, 6.07) is 1.56. The Hall–Kier alpha value is -1.38. The number of sulfonamides is 1. The third kappa shape index (κ3) is 6.74. The SMILES string of the molecule is CCCNc1cc(C(=O)NCCCS(N)(=O)=O)c(Cl)cn1. The van der Waals surface area contributed by atoms with Crippen LogP contribution in [-0.4, -0.2) is 38.2 Å². The van der Waals surface area contributed by atoms with Crippen LogP contribution >= 0.6 is 11.6 Å². The van der Waals surface area contributed by atoms with E-state index in [1.807, 2.05) is 6.92 Å². The van der Waals surface area contributed by atoms with Crippen molar-refractivity contribution >= 4 is 33.3 Å². The standard InChI is InChI=1S/C12H19ClN4O3S/c1-2-4-15-11-7-9(10(13)8-17-11)12(18)16-5-3-6-21(14,19)20/h7-8H,2-6H2,1H3,(H,15,17)(H,16,18)(H2,14,19,20). The molecule has 0 saturated heterocycles. The van der Waals surface area contributed by atoms with Gasteiger partial charge in [-0.05, 0) is 18.9 Å². The van der Waals surface area contributed by atoms with Gasteiger partial charge in [0.05, 0.1) is 16.3 Å². The molecule has 0 atom stereocenters. The third-order valence-corrected chi connectivity index (χ3v) is 3.71. The Morgan fingerprint density at radius 2 is 2.14 bits per heavy atom. The number of anilines is 1. The average Bonchev–Trinajstić information content (AvgIpc) is 2.41. The predicted molar refractivity (Wildman–Crippen MR) is 83.0 cm³/mol. The van der Waals surface area contributed by atoms with E-state index in [4.69, 9.17) is 16.7 Å². The molecule has 9 heteroatoms. The fourth-order valence-electron chi connectivity index (χ4n) is 1.53. The summed E-state index contributed by atoms with van der Waals surface area (Å²) in [6.45, 7) is 2.96. The number of hydrogen-bond acceptors (Lipinski definition) is 5. The van der Waals surface area contributed by atoms with Crippen LogP contribution in [0.15, 0.2) is 12.3 Å². The zero-order chi connectivity index (χ0) is 15.9. The second kappa shape index (κ2) is 8.16. The van der Waals surface area contributed by atoms with Crippen LogP contribution < -0.4 is 15.8 Å².